The van der Waals surface area contributed by atoms with Gasteiger partial charge in [-0.3, -0.25) is 0 Å². The Bertz CT molecular complexity index is 341. The lowest BCUT2D eigenvalue weighted by atomic mass is 9.93. The Morgan fingerprint density at radius 3 is 2.69 bits per heavy atom. The summed E-state index contributed by atoms with van der Waals surface area (Å²) >= 11 is 1.62. The minimum Gasteiger partial charge on any atom is -0.359 e. The van der Waals surface area contributed by atoms with Crippen LogP contribution in [0.3, 0.4) is 0 Å². The molecule has 2 N–H and O–H groups in total. The van der Waals surface area contributed by atoms with E-state index in [2.05, 4.69) is 28.7 Å². The summed E-state index contributed by atoms with van der Waals surface area (Å²) in [6, 6.07) is 2.00. The summed E-state index contributed by atoms with van der Waals surface area (Å²) < 4.78 is 0. The topological polar surface area (TPSA) is 55.0 Å². The molecule has 0 saturated carbocycles. The zero-order valence-corrected chi connectivity index (χ0v) is 11.2. The fourth-order valence-electron chi connectivity index (χ4n) is 1.44. The summed E-state index contributed by atoms with van der Waals surface area (Å²) in [6.07, 6.45) is 3.61. The van der Waals surface area contributed by atoms with Crippen LogP contribution in [0.1, 0.15) is 13.8 Å². The first-order valence-corrected chi connectivity index (χ1v) is 6.48. The molecule has 0 aliphatic heterocycles. The normalized spacial score (nSPS) is 11.6. The number of hydrogen-bond donors (Lipinski definition) is 1. The number of nitrogens with two attached hydrogens (primary N) is 1. The van der Waals surface area contributed by atoms with Gasteiger partial charge in [-0.1, -0.05) is 13.8 Å². The number of nitrogens with zero attached hydrogens (tertiary/aromatic N) is 3. The summed E-state index contributed by atoms with van der Waals surface area (Å²) in [7, 11) is 2.03. The number of thioether (sulfide) groups is 1. The van der Waals surface area contributed by atoms with Gasteiger partial charge in [-0.15, -0.1) is 11.8 Å². The number of aromatic nitrogens is 2. The van der Waals surface area contributed by atoms with E-state index in [1.165, 1.54) is 0 Å². The highest BCUT2D eigenvalue weighted by atomic mass is 32.2. The fourth-order valence-corrected chi connectivity index (χ4v) is 1.81. The Morgan fingerprint density at radius 1 is 1.44 bits per heavy atom. The number of anilines is 1. The summed E-state index contributed by atoms with van der Waals surface area (Å²) in [5, 5.41) is 0.988. The maximum Gasteiger partial charge on any atom is 0.132 e. The molecule has 5 heteroatoms. The Kier molecular flexibility index (Phi) is 4.56. The molecule has 16 heavy (non-hydrogen) atoms. The average molecular weight is 240 g/mol. The van der Waals surface area contributed by atoms with E-state index in [4.69, 9.17) is 5.73 Å². The highest BCUT2D eigenvalue weighted by Crippen LogP contribution is 2.20. The summed E-state index contributed by atoms with van der Waals surface area (Å²) in [5.74, 6) is 0.945. The molecule has 1 aromatic heterocycles. The van der Waals surface area contributed by atoms with Crippen molar-refractivity contribution in [2.75, 3.05) is 31.3 Å². The molecule has 0 spiro atoms. The third kappa shape index (κ3) is 3.64. The minimum absolute atomic E-state index is 0.0964. The molecule has 0 amide bonds. The van der Waals surface area contributed by atoms with Crippen molar-refractivity contribution in [2.45, 2.75) is 18.9 Å². The van der Waals surface area contributed by atoms with Crippen LogP contribution in [0, 0.1) is 5.41 Å². The van der Waals surface area contributed by atoms with Crippen LogP contribution < -0.4 is 10.6 Å². The predicted molar refractivity (Wildman–Crippen MR) is 69.9 cm³/mol. The van der Waals surface area contributed by atoms with Crippen LogP contribution in [0.25, 0.3) is 0 Å². The van der Waals surface area contributed by atoms with Gasteiger partial charge >= 0.3 is 0 Å². The van der Waals surface area contributed by atoms with Gasteiger partial charge in [0, 0.05) is 19.7 Å². The number of hydrogen-bond acceptors (Lipinski definition) is 5. The van der Waals surface area contributed by atoms with Crippen molar-refractivity contribution < 1.29 is 0 Å². The van der Waals surface area contributed by atoms with Gasteiger partial charge in [-0.25, -0.2) is 9.97 Å². The molecule has 0 atom stereocenters. The van der Waals surface area contributed by atoms with Crippen LogP contribution in [0.4, 0.5) is 5.82 Å². The molecule has 4 nitrogen and oxygen atoms in total. The van der Waals surface area contributed by atoms with Crippen molar-refractivity contribution in [1.29, 1.82) is 0 Å². The van der Waals surface area contributed by atoms with Crippen LogP contribution in [0.15, 0.2) is 17.4 Å². The van der Waals surface area contributed by atoms with Crippen molar-refractivity contribution in [3.63, 3.8) is 0 Å². The summed E-state index contributed by atoms with van der Waals surface area (Å²) in [5.41, 5.74) is 5.82. The van der Waals surface area contributed by atoms with Gasteiger partial charge in [0.2, 0.25) is 0 Å². The second-order valence-corrected chi connectivity index (χ2v) is 5.47. The molecule has 0 fully saturated rings. The smallest absolute Gasteiger partial charge is 0.132 e. The lowest BCUT2D eigenvalue weighted by Gasteiger charge is -2.29. The SMILES string of the molecule is CSc1cc(N(C)CC(C)(C)CN)ncn1. The molecule has 0 aliphatic carbocycles. The molecule has 0 bridgehead atoms. The molecular formula is C11H20N4S. The van der Waals surface area contributed by atoms with Crippen LogP contribution >= 0.6 is 11.8 Å². The first-order valence-electron chi connectivity index (χ1n) is 5.26. The first kappa shape index (κ1) is 13.3. The minimum atomic E-state index is 0.0964. The van der Waals surface area contributed by atoms with E-state index in [1.54, 1.807) is 18.1 Å². The van der Waals surface area contributed by atoms with E-state index in [1.807, 2.05) is 19.4 Å². The van der Waals surface area contributed by atoms with Crippen molar-refractivity contribution >= 4 is 17.6 Å². The lowest BCUT2D eigenvalue weighted by molar-refractivity contribution is 0.384. The Balaban J connectivity index is 2.76. The maximum atomic E-state index is 5.73. The monoisotopic (exact) mass is 240 g/mol. The van der Waals surface area contributed by atoms with Crippen molar-refractivity contribution in [3.8, 4) is 0 Å². The molecule has 0 saturated heterocycles. The van der Waals surface area contributed by atoms with E-state index >= 15 is 0 Å². The van der Waals surface area contributed by atoms with Gasteiger partial charge in [-0.2, -0.15) is 0 Å². The molecule has 1 heterocycles. The van der Waals surface area contributed by atoms with E-state index in [-0.39, 0.29) is 5.41 Å². The second kappa shape index (κ2) is 5.50. The first-order chi connectivity index (χ1) is 7.48. The van der Waals surface area contributed by atoms with Gasteiger partial charge in [0.25, 0.3) is 0 Å². The average Bonchev–Trinajstić information content (AvgIpc) is 2.28. The lowest BCUT2D eigenvalue weighted by Crippen LogP contribution is -2.37. The van der Waals surface area contributed by atoms with E-state index < -0.39 is 0 Å². The van der Waals surface area contributed by atoms with E-state index in [0.717, 1.165) is 17.4 Å². The molecule has 0 unspecified atom stereocenters. The highest BCUT2D eigenvalue weighted by molar-refractivity contribution is 7.98. The quantitative estimate of drug-likeness (QED) is 0.626. The summed E-state index contributed by atoms with van der Waals surface area (Å²) in [4.78, 5) is 10.5. The Hall–Kier alpha value is -0.810. The molecular weight excluding hydrogens is 220 g/mol. The van der Waals surface area contributed by atoms with Crippen LogP contribution in [-0.4, -0.2) is 36.4 Å². The molecule has 0 aromatic carbocycles. The fraction of sp³-hybridized carbons (Fsp3) is 0.636. The van der Waals surface area contributed by atoms with E-state index in [0.29, 0.717) is 6.54 Å². The van der Waals surface area contributed by atoms with Gasteiger partial charge in [0.15, 0.2) is 0 Å². The largest absolute Gasteiger partial charge is 0.359 e. The van der Waals surface area contributed by atoms with Gasteiger partial charge in [-0.05, 0) is 18.2 Å². The van der Waals surface area contributed by atoms with Crippen molar-refractivity contribution in [1.82, 2.24) is 9.97 Å². The van der Waals surface area contributed by atoms with Gasteiger partial charge in [0.05, 0.1) is 0 Å². The molecule has 1 aromatic rings. The van der Waals surface area contributed by atoms with Crippen LogP contribution in [0.5, 0.6) is 0 Å². The standard InChI is InChI=1S/C11H20N4S/c1-11(2,6-12)7-15(3)9-5-10(16-4)14-8-13-9/h5,8H,6-7,12H2,1-4H3. The van der Waals surface area contributed by atoms with Crippen LogP contribution in [-0.2, 0) is 0 Å². The molecule has 0 aliphatic rings. The number of rotatable bonds is 5. The van der Waals surface area contributed by atoms with Crippen molar-refractivity contribution in [3.05, 3.63) is 12.4 Å². The van der Waals surface area contributed by atoms with E-state index in [9.17, 15) is 0 Å². The third-order valence-electron chi connectivity index (χ3n) is 2.45. The molecule has 90 valence electrons. The van der Waals surface area contributed by atoms with Gasteiger partial charge in [0.1, 0.15) is 17.2 Å². The second-order valence-electron chi connectivity index (χ2n) is 4.64. The Morgan fingerprint density at radius 2 is 2.12 bits per heavy atom. The molecule has 1 rings (SSSR count). The van der Waals surface area contributed by atoms with Crippen LogP contribution in [0.2, 0.25) is 0 Å². The zero-order chi connectivity index (χ0) is 12.2. The predicted octanol–water partition coefficient (Wildman–Crippen LogP) is 1.62. The zero-order valence-electron chi connectivity index (χ0n) is 10.4. The highest BCUT2D eigenvalue weighted by Gasteiger charge is 2.19. The Labute approximate surface area is 102 Å². The third-order valence-corrected chi connectivity index (χ3v) is 3.09. The van der Waals surface area contributed by atoms with Crippen molar-refractivity contribution in [2.24, 2.45) is 11.1 Å². The summed E-state index contributed by atoms with van der Waals surface area (Å²) in [6.45, 7) is 5.85. The molecule has 0 radical (unpaired) electrons. The maximum absolute atomic E-state index is 5.73. The van der Waals surface area contributed by atoms with Gasteiger partial charge < -0.3 is 10.6 Å².